The molecule has 0 saturated heterocycles. The third-order valence-corrected chi connectivity index (χ3v) is 2.27. The molecule has 0 aromatic heterocycles. The molecule has 5 heteroatoms. The molecule has 1 rings (SSSR count). The number of aliphatic hydroxyl groups is 1. The number of aliphatic hydroxyl groups excluding tert-OH is 1. The van der Waals surface area contributed by atoms with Crippen LogP contribution in [0.3, 0.4) is 0 Å². The van der Waals surface area contributed by atoms with Crippen molar-refractivity contribution in [1.29, 1.82) is 0 Å². The summed E-state index contributed by atoms with van der Waals surface area (Å²) in [6, 6.07) is 4.43. The van der Waals surface area contributed by atoms with Crippen molar-refractivity contribution < 1.29 is 14.3 Å². The van der Waals surface area contributed by atoms with Crippen molar-refractivity contribution in [3.8, 4) is 0 Å². The summed E-state index contributed by atoms with van der Waals surface area (Å²) < 4.78 is 13.6. The van der Waals surface area contributed by atoms with E-state index in [9.17, 15) is 9.18 Å². The minimum Gasteiger partial charge on any atom is -0.392 e. The van der Waals surface area contributed by atoms with Crippen LogP contribution < -0.4 is 10.2 Å². The van der Waals surface area contributed by atoms with E-state index >= 15 is 0 Å². The molecular weight excluding hydrogens is 211 g/mol. The molecule has 0 aliphatic carbocycles. The molecule has 2 N–H and O–H groups in total. The second-order valence-corrected chi connectivity index (χ2v) is 3.47. The van der Waals surface area contributed by atoms with Crippen molar-refractivity contribution >= 4 is 11.6 Å². The summed E-state index contributed by atoms with van der Waals surface area (Å²) in [4.78, 5) is 12.6. The Balaban J connectivity index is 2.83. The predicted molar refractivity (Wildman–Crippen MR) is 59.7 cm³/mol. The van der Waals surface area contributed by atoms with Crippen LogP contribution in [0.25, 0.3) is 0 Å². The van der Waals surface area contributed by atoms with Crippen LogP contribution in [0.1, 0.15) is 5.56 Å². The van der Waals surface area contributed by atoms with Crippen LogP contribution in [-0.4, -0.2) is 31.7 Å². The third kappa shape index (κ3) is 2.93. The Hall–Kier alpha value is -1.62. The van der Waals surface area contributed by atoms with Crippen LogP contribution in [0, 0.1) is 5.82 Å². The van der Waals surface area contributed by atoms with Gasteiger partial charge in [0.1, 0.15) is 5.82 Å². The zero-order valence-electron chi connectivity index (χ0n) is 9.33. The number of likely N-dealkylation sites (N-methyl/N-ethyl adjacent to an activating group) is 2. The van der Waals surface area contributed by atoms with Gasteiger partial charge in [0.25, 0.3) is 0 Å². The summed E-state index contributed by atoms with van der Waals surface area (Å²) >= 11 is 0. The van der Waals surface area contributed by atoms with E-state index in [1.807, 2.05) is 0 Å². The number of nitrogens with zero attached hydrogens (tertiary/aromatic N) is 1. The molecule has 0 atom stereocenters. The summed E-state index contributed by atoms with van der Waals surface area (Å²) in [5, 5.41) is 11.3. The molecular formula is C11H15FN2O2. The van der Waals surface area contributed by atoms with Crippen LogP contribution in [0.4, 0.5) is 10.1 Å². The standard InChI is InChI=1S/C11H15FN2O2/c1-13-11(16)6-14(2)10-4-3-8(7-15)5-9(10)12/h3-5,15H,6-7H2,1-2H3,(H,13,16). The monoisotopic (exact) mass is 226 g/mol. The fourth-order valence-electron chi connectivity index (χ4n) is 1.34. The van der Waals surface area contributed by atoms with Gasteiger partial charge in [-0.2, -0.15) is 0 Å². The van der Waals surface area contributed by atoms with Crippen LogP contribution in [0.15, 0.2) is 18.2 Å². The SMILES string of the molecule is CNC(=O)CN(C)c1ccc(CO)cc1F. The van der Waals surface area contributed by atoms with Crippen LogP contribution in [-0.2, 0) is 11.4 Å². The lowest BCUT2D eigenvalue weighted by Gasteiger charge is -2.19. The van der Waals surface area contributed by atoms with Crippen LogP contribution in [0.2, 0.25) is 0 Å². The Morgan fingerprint density at radius 2 is 2.25 bits per heavy atom. The van der Waals surface area contributed by atoms with Gasteiger partial charge >= 0.3 is 0 Å². The lowest BCUT2D eigenvalue weighted by molar-refractivity contribution is -0.119. The molecule has 0 heterocycles. The number of amides is 1. The number of anilines is 1. The largest absolute Gasteiger partial charge is 0.392 e. The first-order chi connectivity index (χ1) is 7.58. The van der Waals surface area contributed by atoms with E-state index in [0.717, 1.165) is 0 Å². The van der Waals surface area contributed by atoms with E-state index < -0.39 is 5.82 Å². The van der Waals surface area contributed by atoms with Gasteiger partial charge in [0.15, 0.2) is 0 Å². The van der Waals surface area contributed by atoms with Gasteiger partial charge in [-0.15, -0.1) is 0 Å². The molecule has 0 bridgehead atoms. The van der Waals surface area contributed by atoms with Gasteiger partial charge in [-0.3, -0.25) is 4.79 Å². The van der Waals surface area contributed by atoms with Crippen LogP contribution >= 0.6 is 0 Å². The first-order valence-corrected chi connectivity index (χ1v) is 4.89. The van der Waals surface area contributed by atoms with E-state index in [1.54, 1.807) is 19.2 Å². The first-order valence-electron chi connectivity index (χ1n) is 4.89. The van der Waals surface area contributed by atoms with Crippen molar-refractivity contribution in [3.63, 3.8) is 0 Å². The number of nitrogens with one attached hydrogen (secondary N) is 1. The number of rotatable bonds is 4. The van der Waals surface area contributed by atoms with E-state index in [4.69, 9.17) is 5.11 Å². The van der Waals surface area contributed by atoms with Gasteiger partial charge in [-0.05, 0) is 17.7 Å². The maximum Gasteiger partial charge on any atom is 0.239 e. The number of halogens is 1. The van der Waals surface area contributed by atoms with E-state index in [1.165, 1.54) is 18.0 Å². The predicted octanol–water partition coefficient (Wildman–Crippen LogP) is 0.500. The van der Waals surface area contributed by atoms with Crippen molar-refractivity contribution in [2.45, 2.75) is 6.61 Å². The Kier molecular flexibility index (Phi) is 4.25. The molecule has 1 amide bonds. The molecule has 0 unspecified atom stereocenters. The van der Waals surface area contributed by atoms with Gasteiger partial charge in [-0.25, -0.2) is 4.39 Å². The van der Waals surface area contributed by atoms with Gasteiger partial charge in [0.2, 0.25) is 5.91 Å². The fraction of sp³-hybridized carbons (Fsp3) is 0.364. The smallest absolute Gasteiger partial charge is 0.239 e. The molecule has 0 fully saturated rings. The number of benzene rings is 1. The summed E-state index contributed by atoms with van der Waals surface area (Å²) in [5.74, 6) is -0.633. The molecule has 0 aliphatic rings. The minimum atomic E-state index is -0.446. The average Bonchev–Trinajstić information content (AvgIpc) is 2.28. The van der Waals surface area contributed by atoms with E-state index in [2.05, 4.69) is 5.32 Å². The molecule has 0 radical (unpaired) electrons. The molecule has 16 heavy (non-hydrogen) atoms. The van der Waals surface area contributed by atoms with Crippen molar-refractivity contribution in [2.24, 2.45) is 0 Å². The van der Waals surface area contributed by atoms with Gasteiger partial charge in [-0.1, -0.05) is 6.07 Å². The summed E-state index contributed by atoms with van der Waals surface area (Å²) in [7, 11) is 3.16. The normalized spacial score (nSPS) is 10.0. The third-order valence-electron chi connectivity index (χ3n) is 2.27. The molecule has 4 nitrogen and oxygen atoms in total. The number of carbonyl (C=O) groups is 1. The summed E-state index contributed by atoms with van der Waals surface area (Å²) in [5.41, 5.74) is 0.843. The summed E-state index contributed by atoms with van der Waals surface area (Å²) in [6.45, 7) is -0.109. The molecule has 1 aromatic carbocycles. The second kappa shape index (κ2) is 5.46. The molecule has 88 valence electrons. The maximum absolute atomic E-state index is 13.6. The number of hydrogen-bond donors (Lipinski definition) is 2. The van der Waals surface area contributed by atoms with Crippen molar-refractivity contribution in [2.75, 3.05) is 25.5 Å². The Morgan fingerprint density at radius 3 is 2.75 bits per heavy atom. The minimum absolute atomic E-state index is 0.0892. The number of hydrogen-bond acceptors (Lipinski definition) is 3. The second-order valence-electron chi connectivity index (χ2n) is 3.47. The topological polar surface area (TPSA) is 52.6 Å². The molecule has 0 saturated carbocycles. The first kappa shape index (κ1) is 12.4. The quantitative estimate of drug-likeness (QED) is 0.786. The summed E-state index contributed by atoms with van der Waals surface area (Å²) in [6.07, 6.45) is 0. The highest BCUT2D eigenvalue weighted by molar-refractivity contribution is 5.80. The zero-order valence-corrected chi connectivity index (χ0v) is 9.33. The van der Waals surface area contributed by atoms with Gasteiger partial charge in [0, 0.05) is 14.1 Å². The average molecular weight is 226 g/mol. The van der Waals surface area contributed by atoms with Crippen LogP contribution in [0.5, 0.6) is 0 Å². The Bertz CT molecular complexity index is 382. The zero-order chi connectivity index (χ0) is 12.1. The molecule has 0 aliphatic heterocycles. The molecule has 0 spiro atoms. The van der Waals surface area contributed by atoms with E-state index in [-0.39, 0.29) is 19.1 Å². The molecule has 1 aromatic rings. The fourth-order valence-corrected chi connectivity index (χ4v) is 1.34. The van der Waals surface area contributed by atoms with Gasteiger partial charge in [0.05, 0.1) is 18.8 Å². The highest BCUT2D eigenvalue weighted by Crippen LogP contribution is 2.19. The Morgan fingerprint density at radius 1 is 1.56 bits per heavy atom. The highest BCUT2D eigenvalue weighted by Gasteiger charge is 2.10. The number of carbonyl (C=O) groups excluding carboxylic acids is 1. The van der Waals surface area contributed by atoms with E-state index in [0.29, 0.717) is 11.3 Å². The Labute approximate surface area is 93.7 Å². The lowest BCUT2D eigenvalue weighted by atomic mass is 10.2. The highest BCUT2D eigenvalue weighted by atomic mass is 19.1. The van der Waals surface area contributed by atoms with Crippen molar-refractivity contribution in [3.05, 3.63) is 29.6 Å². The van der Waals surface area contributed by atoms with Crippen molar-refractivity contribution in [1.82, 2.24) is 5.32 Å². The lowest BCUT2D eigenvalue weighted by Crippen LogP contribution is -2.33. The maximum atomic E-state index is 13.6. The van der Waals surface area contributed by atoms with Gasteiger partial charge < -0.3 is 15.3 Å².